The van der Waals surface area contributed by atoms with Crippen LogP contribution in [0.25, 0.3) is 0 Å². The summed E-state index contributed by atoms with van der Waals surface area (Å²) in [6.07, 6.45) is 7.69. The zero-order chi connectivity index (χ0) is 18.8. The molecule has 1 fully saturated rings. The van der Waals surface area contributed by atoms with Crippen LogP contribution in [0.1, 0.15) is 41.6 Å². The van der Waals surface area contributed by atoms with Gasteiger partial charge in [-0.25, -0.2) is 0 Å². The van der Waals surface area contributed by atoms with E-state index in [0.717, 1.165) is 49.0 Å². The molecule has 6 nitrogen and oxygen atoms in total. The summed E-state index contributed by atoms with van der Waals surface area (Å²) in [6, 6.07) is 9.43. The van der Waals surface area contributed by atoms with Crippen LogP contribution in [0, 0.1) is 5.92 Å². The number of anilines is 2. The Bertz CT molecular complexity index is 853. The van der Waals surface area contributed by atoms with Crippen LogP contribution in [0.5, 0.6) is 0 Å². The molecule has 4 rings (SSSR count). The monoisotopic (exact) mass is 364 g/mol. The second kappa shape index (κ2) is 7.48. The Labute approximate surface area is 158 Å². The minimum atomic E-state index is -0.0465. The van der Waals surface area contributed by atoms with Gasteiger partial charge in [-0.3, -0.25) is 14.6 Å². The summed E-state index contributed by atoms with van der Waals surface area (Å²) in [5.41, 5.74) is 9.34. The first kappa shape index (κ1) is 17.7. The summed E-state index contributed by atoms with van der Waals surface area (Å²) in [5, 5.41) is 3.03. The maximum Gasteiger partial charge on any atom is 0.259 e. The van der Waals surface area contributed by atoms with Crippen molar-refractivity contribution in [3.05, 3.63) is 53.9 Å². The molecule has 3 N–H and O–H groups in total. The van der Waals surface area contributed by atoms with Gasteiger partial charge in [0.05, 0.1) is 5.56 Å². The van der Waals surface area contributed by atoms with Crippen molar-refractivity contribution in [1.82, 2.24) is 4.98 Å². The van der Waals surface area contributed by atoms with Crippen molar-refractivity contribution in [2.24, 2.45) is 11.7 Å². The van der Waals surface area contributed by atoms with Crippen LogP contribution in [0.15, 0.2) is 42.7 Å². The molecule has 2 atom stereocenters. The molecule has 0 bridgehead atoms. The largest absolute Gasteiger partial charge is 0.328 e. The lowest BCUT2D eigenvalue weighted by molar-refractivity contribution is -0.120. The highest BCUT2D eigenvalue weighted by atomic mass is 16.2. The molecule has 2 aliphatic rings. The van der Waals surface area contributed by atoms with Crippen LogP contribution in [-0.4, -0.2) is 29.4 Å². The van der Waals surface area contributed by atoms with E-state index >= 15 is 0 Å². The lowest BCUT2D eigenvalue weighted by Crippen LogP contribution is -2.34. The predicted octanol–water partition coefficient (Wildman–Crippen LogP) is 2.74. The highest BCUT2D eigenvalue weighted by Gasteiger charge is 2.28. The molecule has 1 aromatic heterocycles. The molecule has 1 saturated carbocycles. The van der Waals surface area contributed by atoms with Crippen LogP contribution < -0.4 is 16.0 Å². The number of nitrogens with zero attached hydrogens (tertiary/aromatic N) is 2. The molecule has 0 radical (unpaired) electrons. The third-order valence-corrected chi connectivity index (χ3v) is 5.48. The fourth-order valence-electron chi connectivity index (χ4n) is 4.05. The Morgan fingerprint density at radius 1 is 1.22 bits per heavy atom. The Hall–Kier alpha value is -2.73. The average Bonchev–Trinajstić information content (AvgIpc) is 3.11. The average molecular weight is 364 g/mol. The fraction of sp³-hybridized carbons (Fsp3) is 0.381. The number of amides is 2. The standard InChI is InChI=1S/C21H24N4O2/c22-17-5-1-3-15(11-17)20(26)24-18-6-7-19-14(12-18)8-10-25(19)21(27)16-4-2-9-23-13-16/h2,4,6-7,9,12-13,15,17H,1,3,5,8,10-11,22H2,(H,24,26). The van der Waals surface area contributed by atoms with Crippen molar-refractivity contribution in [1.29, 1.82) is 0 Å². The normalized spacial score (nSPS) is 21.6. The summed E-state index contributed by atoms with van der Waals surface area (Å²) in [7, 11) is 0. The smallest absolute Gasteiger partial charge is 0.259 e. The molecule has 27 heavy (non-hydrogen) atoms. The second-order valence-electron chi connectivity index (χ2n) is 7.40. The van der Waals surface area contributed by atoms with Crippen molar-refractivity contribution >= 4 is 23.2 Å². The Morgan fingerprint density at radius 2 is 2.11 bits per heavy atom. The van der Waals surface area contributed by atoms with Gasteiger partial charge in [0.25, 0.3) is 5.91 Å². The number of benzene rings is 1. The van der Waals surface area contributed by atoms with Gasteiger partial charge in [0.2, 0.25) is 5.91 Å². The van der Waals surface area contributed by atoms with Gasteiger partial charge in [-0.15, -0.1) is 0 Å². The summed E-state index contributed by atoms with van der Waals surface area (Å²) in [4.78, 5) is 31.0. The molecule has 6 heteroatoms. The number of carbonyl (C=O) groups excluding carboxylic acids is 2. The molecule has 2 unspecified atom stereocenters. The van der Waals surface area contributed by atoms with Crippen LogP contribution >= 0.6 is 0 Å². The fourth-order valence-corrected chi connectivity index (χ4v) is 4.05. The minimum absolute atomic E-state index is 0.00865. The molecule has 140 valence electrons. The highest BCUT2D eigenvalue weighted by Crippen LogP contribution is 2.32. The van der Waals surface area contributed by atoms with Crippen molar-refractivity contribution in [2.45, 2.75) is 38.1 Å². The molecular formula is C21H24N4O2. The lowest BCUT2D eigenvalue weighted by atomic mass is 9.85. The van der Waals surface area contributed by atoms with Crippen LogP contribution in [0.2, 0.25) is 0 Å². The maximum atomic E-state index is 12.7. The molecule has 2 aromatic rings. The number of hydrogen-bond donors (Lipinski definition) is 2. The molecule has 0 saturated heterocycles. The van der Waals surface area contributed by atoms with Gasteiger partial charge in [-0.05, 0) is 61.6 Å². The van der Waals surface area contributed by atoms with Gasteiger partial charge < -0.3 is 16.0 Å². The minimum Gasteiger partial charge on any atom is -0.328 e. The van der Waals surface area contributed by atoms with E-state index in [-0.39, 0.29) is 23.8 Å². The number of nitrogens with one attached hydrogen (secondary N) is 1. The lowest BCUT2D eigenvalue weighted by Gasteiger charge is -2.25. The molecule has 2 heterocycles. The summed E-state index contributed by atoms with van der Waals surface area (Å²) < 4.78 is 0. The van der Waals surface area contributed by atoms with E-state index in [4.69, 9.17) is 5.73 Å². The van der Waals surface area contributed by atoms with Crippen LogP contribution in [0.3, 0.4) is 0 Å². The van der Waals surface area contributed by atoms with E-state index in [1.807, 2.05) is 18.2 Å². The molecular weight excluding hydrogens is 340 g/mol. The molecule has 2 amide bonds. The third kappa shape index (κ3) is 3.71. The molecule has 1 aliphatic heterocycles. The van der Waals surface area contributed by atoms with Crippen molar-refractivity contribution in [2.75, 3.05) is 16.8 Å². The Kier molecular flexibility index (Phi) is 4.90. The van der Waals surface area contributed by atoms with E-state index in [9.17, 15) is 9.59 Å². The number of pyridine rings is 1. The Morgan fingerprint density at radius 3 is 2.89 bits per heavy atom. The molecule has 1 aliphatic carbocycles. The predicted molar refractivity (Wildman–Crippen MR) is 105 cm³/mol. The van der Waals surface area contributed by atoms with E-state index in [2.05, 4.69) is 10.3 Å². The van der Waals surface area contributed by atoms with Crippen LogP contribution in [-0.2, 0) is 11.2 Å². The van der Waals surface area contributed by atoms with Crippen molar-refractivity contribution in [3.63, 3.8) is 0 Å². The molecule has 0 spiro atoms. The number of fused-ring (bicyclic) bond motifs is 1. The maximum absolute atomic E-state index is 12.7. The summed E-state index contributed by atoms with van der Waals surface area (Å²) >= 11 is 0. The number of hydrogen-bond acceptors (Lipinski definition) is 4. The summed E-state index contributed by atoms with van der Waals surface area (Å²) in [6.45, 7) is 0.637. The van der Waals surface area contributed by atoms with E-state index in [1.165, 1.54) is 0 Å². The van der Waals surface area contributed by atoms with Crippen LogP contribution in [0.4, 0.5) is 11.4 Å². The van der Waals surface area contributed by atoms with Crippen molar-refractivity contribution in [3.8, 4) is 0 Å². The topological polar surface area (TPSA) is 88.3 Å². The van der Waals surface area contributed by atoms with Gasteiger partial charge in [0, 0.05) is 42.3 Å². The third-order valence-electron chi connectivity index (χ3n) is 5.48. The van der Waals surface area contributed by atoms with Crippen molar-refractivity contribution < 1.29 is 9.59 Å². The van der Waals surface area contributed by atoms with E-state index in [1.54, 1.807) is 29.4 Å². The first-order valence-electron chi connectivity index (χ1n) is 9.53. The highest BCUT2D eigenvalue weighted by molar-refractivity contribution is 6.07. The van der Waals surface area contributed by atoms with Gasteiger partial charge in [-0.1, -0.05) is 6.42 Å². The zero-order valence-electron chi connectivity index (χ0n) is 15.2. The first-order valence-corrected chi connectivity index (χ1v) is 9.53. The first-order chi connectivity index (χ1) is 13.1. The number of aromatic nitrogens is 1. The molecule has 1 aromatic carbocycles. The van der Waals surface area contributed by atoms with E-state index in [0.29, 0.717) is 12.1 Å². The Balaban J connectivity index is 1.47. The van der Waals surface area contributed by atoms with E-state index < -0.39 is 0 Å². The summed E-state index contributed by atoms with van der Waals surface area (Å²) in [5.74, 6) is -0.00752. The quantitative estimate of drug-likeness (QED) is 0.876. The van der Waals surface area contributed by atoms with Gasteiger partial charge in [0.1, 0.15) is 0 Å². The second-order valence-corrected chi connectivity index (χ2v) is 7.40. The number of rotatable bonds is 3. The number of nitrogens with two attached hydrogens (primary N) is 1. The number of carbonyl (C=O) groups is 2. The SMILES string of the molecule is NC1CCCC(C(=O)Nc2ccc3c(c2)CCN3C(=O)c2cccnc2)C1. The van der Waals surface area contributed by atoms with Gasteiger partial charge >= 0.3 is 0 Å². The van der Waals surface area contributed by atoms with Gasteiger partial charge in [-0.2, -0.15) is 0 Å². The zero-order valence-corrected chi connectivity index (χ0v) is 15.2. The van der Waals surface area contributed by atoms with Gasteiger partial charge in [0.15, 0.2) is 0 Å².